The van der Waals surface area contributed by atoms with Crippen LogP contribution >= 0.6 is 15.9 Å². The Labute approximate surface area is 123 Å². The number of nitrogens with one attached hydrogen (secondary N) is 1. The molecule has 1 N–H and O–H groups in total. The molecule has 0 aliphatic heterocycles. The third kappa shape index (κ3) is 5.51. The minimum Gasteiger partial charge on any atom is -0.493 e. The Morgan fingerprint density at radius 3 is 2.89 bits per heavy atom. The van der Waals surface area contributed by atoms with Crippen LogP contribution in [0.1, 0.15) is 31.7 Å². The molecule has 0 unspecified atom stereocenters. The van der Waals surface area contributed by atoms with Crippen molar-refractivity contribution in [3.05, 3.63) is 28.2 Å². The fraction of sp³-hybridized carbons (Fsp3) is 0.600. The van der Waals surface area contributed by atoms with Crippen LogP contribution < -0.4 is 10.1 Å². The summed E-state index contributed by atoms with van der Waals surface area (Å²) < 4.78 is 12.2. The largest absolute Gasteiger partial charge is 0.493 e. The van der Waals surface area contributed by atoms with Gasteiger partial charge in [-0.3, -0.25) is 0 Å². The van der Waals surface area contributed by atoms with Crippen LogP contribution in [0.3, 0.4) is 0 Å². The molecule has 0 aromatic heterocycles. The van der Waals surface area contributed by atoms with Gasteiger partial charge in [0.15, 0.2) is 0 Å². The maximum atomic E-state index is 5.74. The zero-order chi connectivity index (χ0) is 13.5. The first kappa shape index (κ1) is 14.8. The number of rotatable bonds is 9. The molecule has 1 fully saturated rings. The van der Waals surface area contributed by atoms with Gasteiger partial charge in [-0.05, 0) is 43.5 Å². The maximum absolute atomic E-state index is 5.74. The summed E-state index contributed by atoms with van der Waals surface area (Å²) in [5.74, 6) is 0.937. The van der Waals surface area contributed by atoms with Crippen molar-refractivity contribution in [3.8, 4) is 5.75 Å². The van der Waals surface area contributed by atoms with Crippen molar-refractivity contribution >= 4 is 15.9 Å². The molecule has 106 valence electrons. The van der Waals surface area contributed by atoms with Crippen LogP contribution in [0, 0.1) is 0 Å². The summed E-state index contributed by atoms with van der Waals surface area (Å²) in [6.07, 6.45) is 3.55. The van der Waals surface area contributed by atoms with Gasteiger partial charge in [-0.25, -0.2) is 0 Å². The Bertz CT molecular complexity index is 394. The minimum atomic E-state index is 0.705. The first-order valence-electron chi connectivity index (χ1n) is 7.02. The van der Waals surface area contributed by atoms with Crippen LogP contribution in [0.15, 0.2) is 22.7 Å². The van der Waals surface area contributed by atoms with E-state index >= 15 is 0 Å². The van der Waals surface area contributed by atoms with Gasteiger partial charge in [0.05, 0.1) is 6.61 Å². The molecule has 0 atom stereocenters. The van der Waals surface area contributed by atoms with Crippen LogP contribution in [0.4, 0.5) is 0 Å². The third-order valence-electron chi connectivity index (χ3n) is 3.08. The van der Waals surface area contributed by atoms with E-state index in [2.05, 4.69) is 33.4 Å². The van der Waals surface area contributed by atoms with Crippen molar-refractivity contribution in [3.63, 3.8) is 0 Å². The molecular weight excluding hydrogens is 306 g/mol. The molecule has 0 heterocycles. The van der Waals surface area contributed by atoms with E-state index in [4.69, 9.17) is 9.47 Å². The van der Waals surface area contributed by atoms with Crippen LogP contribution in [0.25, 0.3) is 0 Å². The summed E-state index contributed by atoms with van der Waals surface area (Å²) in [7, 11) is 0. The van der Waals surface area contributed by atoms with Gasteiger partial charge < -0.3 is 14.8 Å². The SMILES string of the molecule is CCOCCCOc1ccc(Br)c(CNC2CC2)c1. The molecule has 1 saturated carbocycles. The Balaban J connectivity index is 1.77. The van der Waals surface area contributed by atoms with Crippen LogP contribution in [-0.4, -0.2) is 25.9 Å². The highest BCUT2D eigenvalue weighted by Gasteiger charge is 2.20. The van der Waals surface area contributed by atoms with Crippen molar-refractivity contribution in [1.82, 2.24) is 5.32 Å². The monoisotopic (exact) mass is 327 g/mol. The number of halogens is 1. The van der Waals surface area contributed by atoms with Crippen LogP contribution in [0.2, 0.25) is 0 Å². The topological polar surface area (TPSA) is 30.5 Å². The van der Waals surface area contributed by atoms with Crippen LogP contribution in [0.5, 0.6) is 5.75 Å². The molecule has 0 amide bonds. The zero-order valence-electron chi connectivity index (χ0n) is 11.5. The van der Waals surface area contributed by atoms with Gasteiger partial charge >= 0.3 is 0 Å². The predicted molar refractivity (Wildman–Crippen MR) is 80.6 cm³/mol. The van der Waals surface area contributed by atoms with Gasteiger partial charge in [0.2, 0.25) is 0 Å². The highest BCUT2D eigenvalue weighted by molar-refractivity contribution is 9.10. The zero-order valence-corrected chi connectivity index (χ0v) is 13.0. The predicted octanol–water partition coefficient (Wildman–Crippen LogP) is 3.51. The average Bonchev–Trinajstić information content (AvgIpc) is 3.23. The molecule has 1 aromatic rings. The Hall–Kier alpha value is -0.580. The molecule has 3 nitrogen and oxygen atoms in total. The molecular formula is C15H22BrNO2. The molecule has 2 rings (SSSR count). The molecule has 0 radical (unpaired) electrons. The number of hydrogen-bond acceptors (Lipinski definition) is 3. The summed E-state index contributed by atoms with van der Waals surface area (Å²) in [5.41, 5.74) is 1.26. The summed E-state index contributed by atoms with van der Waals surface area (Å²) >= 11 is 3.59. The lowest BCUT2D eigenvalue weighted by Crippen LogP contribution is -2.15. The standard InChI is InChI=1S/C15H22BrNO2/c1-2-18-8-3-9-19-14-6-7-15(16)12(10-14)11-17-13-4-5-13/h6-7,10,13,17H,2-5,8-9,11H2,1H3. The number of hydrogen-bond donors (Lipinski definition) is 1. The fourth-order valence-corrected chi connectivity index (χ4v) is 2.20. The molecule has 1 aliphatic rings. The lowest BCUT2D eigenvalue weighted by Gasteiger charge is -2.10. The normalized spacial score (nSPS) is 14.6. The van der Waals surface area contributed by atoms with Crippen molar-refractivity contribution < 1.29 is 9.47 Å². The Morgan fingerprint density at radius 2 is 2.16 bits per heavy atom. The summed E-state index contributed by atoms with van der Waals surface area (Å²) in [6.45, 7) is 5.16. The third-order valence-corrected chi connectivity index (χ3v) is 3.86. The van der Waals surface area contributed by atoms with E-state index in [1.807, 2.05) is 13.0 Å². The first-order valence-corrected chi connectivity index (χ1v) is 7.81. The van der Waals surface area contributed by atoms with Gasteiger partial charge in [0.1, 0.15) is 5.75 Å². The quantitative estimate of drug-likeness (QED) is 0.704. The van der Waals surface area contributed by atoms with E-state index in [9.17, 15) is 0 Å². The molecule has 0 spiro atoms. The van der Waals surface area contributed by atoms with E-state index in [1.54, 1.807) is 0 Å². The van der Waals surface area contributed by atoms with E-state index in [-0.39, 0.29) is 0 Å². The van der Waals surface area contributed by atoms with Crippen molar-refractivity contribution in [2.45, 2.75) is 38.8 Å². The van der Waals surface area contributed by atoms with Gasteiger partial charge in [0.25, 0.3) is 0 Å². The highest BCUT2D eigenvalue weighted by Crippen LogP contribution is 2.25. The smallest absolute Gasteiger partial charge is 0.119 e. The molecule has 0 bridgehead atoms. The second-order valence-corrected chi connectivity index (χ2v) is 5.66. The molecule has 19 heavy (non-hydrogen) atoms. The minimum absolute atomic E-state index is 0.705. The summed E-state index contributed by atoms with van der Waals surface area (Å²) in [6, 6.07) is 6.90. The van der Waals surface area contributed by atoms with Crippen LogP contribution in [-0.2, 0) is 11.3 Å². The summed E-state index contributed by atoms with van der Waals surface area (Å²) in [4.78, 5) is 0. The van der Waals surface area contributed by atoms with E-state index < -0.39 is 0 Å². The lowest BCUT2D eigenvalue weighted by atomic mass is 10.2. The maximum Gasteiger partial charge on any atom is 0.119 e. The van der Waals surface area contributed by atoms with Crippen molar-refractivity contribution in [2.75, 3.05) is 19.8 Å². The number of ether oxygens (including phenoxy) is 2. The highest BCUT2D eigenvalue weighted by atomic mass is 79.9. The van der Waals surface area contributed by atoms with Crippen molar-refractivity contribution in [2.24, 2.45) is 0 Å². The molecule has 1 aromatic carbocycles. The lowest BCUT2D eigenvalue weighted by molar-refractivity contribution is 0.131. The van der Waals surface area contributed by atoms with E-state index in [1.165, 1.54) is 18.4 Å². The fourth-order valence-electron chi connectivity index (χ4n) is 1.81. The Kier molecular flexibility index (Phi) is 6.14. The molecule has 0 saturated heterocycles. The second kappa shape index (κ2) is 7.88. The number of benzene rings is 1. The van der Waals surface area contributed by atoms with Gasteiger partial charge in [-0.2, -0.15) is 0 Å². The van der Waals surface area contributed by atoms with Gasteiger partial charge in [0, 0.05) is 36.7 Å². The van der Waals surface area contributed by atoms with E-state index in [0.717, 1.165) is 42.4 Å². The van der Waals surface area contributed by atoms with Gasteiger partial charge in [-0.1, -0.05) is 15.9 Å². The van der Waals surface area contributed by atoms with E-state index in [0.29, 0.717) is 6.61 Å². The second-order valence-electron chi connectivity index (χ2n) is 4.81. The first-order chi connectivity index (χ1) is 9.29. The molecule has 1 aliphatic carbocycles. The van der Waals surface area contributed by atoms with Gasteiger partial charge in [-0.15, -0.1) is 0 Å². The average molecular weight is 328 g/mol. The Morgan fingerprint density at radius 1 is 1.32 bits per heavy atom. The van der Waals surface area contributed by atoms with Crippen molar-refractivity contribution in [1.29, 1.82) is 0 Å². The molecule has 4 heteroatoms. The summed E-state index contributed by atoms with van der Waals surface area (Å²) in [5, 5.41) is 3.52.